The van der Waals surface area contributed by atoms with Crippen LogP contribution >= 0.6 is 11.3 Å². The SMILES string of the molecule is CC(C)C(=O)N1CCc2nc(N3C4CCC3CNC4)sc2C1. The van der Waals surface area contributed by atoms with Crippen LogP contribution in [0.5, 0.6) is 0 Å². The molecular weight excluding hydrogens is 296 g/mol. The highest BCUT2D eigenvalue weighted by molar-refractivity contribution is 7.15. The van der Waals surface area contributed by atoms with Gasteiger partial charge in [-0.2, -0.15) is 0 Å². The van der Waals surface area contributed by atoms with Crippen molar-refractivity contribution in [2.24, 2.45) is 5.92 Å². The Balaban J connectivity index is 1.56. The molecule has 0 spiro atoms. The van der Waals surface area contributed by atoms with Crippen molar-refractivity contribution in [3.8, 4) is 0 Å². The van der Waals surface area contributed by atoms with Crippen LogP contribution in [0.3, 0.4) is 0 Å². The monoisotopic (exact) mass is 320 g/mol. The maximum absolute atomic E-state index is 12.2. The van der Waals surface area contributed by atoms with Crippen LogP contribution in [0.4, 0.5) is 5.13 Å². The zero-order valence-electron chi connectivity index (χ0n) is 13.3. The van der Waals surface area contributed by atoms with Crippen molar-refractivity contribution in [1.29, 1.82) is 0 Å². The zero-order chi connectivity index (χ0) is 15.3. The van der Waals surface area contributed by atoms with Gasteiger partial charge in [0, 0.05) is 48.9 Å². The summed E-state index contributed by atoms with van der Waals surface area (Å²) in [7, 11) is 0. The van der Waals surface area contributed by atoms with E-state index in [0.717, 1.165) is 32.6 Å². The smallest absolute Gasteiger partial charge is 0.225 e. The predicted octanol–water partition coefficient (Wildman–Crippen LogP) is 1.62. The molecule has 5 nitrogen and oxygen atoms in total. The van der Waals surface area contributed by atoms with E-state index in [9.17, 15) is 4.79 Å². The Kier molecular flexibility index (Phi) is 3.61. The Morgan fingerprint density at radius 2 is 2.05 bits per heavy atom. The van der Waals surface area contributed by atoms with E-state index in [-0.39, 0.29) is 11.8 Å². The van der Waals surface area contributed by atoms with E-state index in [2.05, 4.69) is 10.2 Å². The van der Waals surface area contributed by atoms with E-state index in [4.69, 9.17) is 4.98 Å². The second-order valence-electron chi connectivity index (χ2n) is 6.98. The molecule has 1 N–H and O–H groups in total. The average molecular weight is 320 g/mol. The van der Waals surface area contributed by atoms with Gasteiger partial charge in [0.15, 0.2) is 5.13 Å². The first-order valence-electron chi connectivity index (χ1n) is 8.40. The molecule has 0 aromatic carbocycles. The quantitative estimate of drug-likeness (QED) is 0.900. The van der Waals surface area contributed by atoms with Crippen molar-refractivity contribution in [3.05, 3.63) is 10.6 Å². The highest BCUT2D eigenvalue weighted by Gasteiger charge is 2.39. The van der Waals surface area contributed by atoms with E-state index in [1.165, 1.54) is 28.5 Å². The molecule has 0 aliphatic carbocycles. The number of rotatable bonds is 2. The molecule has 2 saturated heterocycles. The summed E-state index contributed by atoms with van der Waals surface area (Å²) in [5.74, 6) is 0.348. The number of aromatic nitrogens is 1. The van der Waals surface area contributed by atoms with Crippen LogP contribution in [0.25, 0.3) is 0 Å². The Hall–Kier alpha value is -1.14. The summed E-state index contributed by atoms with van der Waals surface area (Å²) in [6.45, 7) is 7.70. The van der Waals surface area contributed by atoms with Gasteiger partial charge in [-0.15, -0.1) is 0 Å². The standard InChI is InChI=1S/C16H24N4OS/c1-10(2)15(21)19-6-5-13-14(9-19)22-16(18-13)20-11-3-4-12(20)8-17-7-11/h10-12,17H,3-9H2,1-2H3. The van der Waals surface area contributed by atoms with Crippen LogP contribution in [0.2, 0.25) is 0 Å². The topological polar surface area (TPSA) is 48.5 Å². The van der Waals surface area contributed by atoms with Crippen LogP contribution in [0, 0.1) is 5.92 Å². The number of hydrogen-bond donors (Lipinski definition) is 1. The van der Waals surface area contributed by atoms with E-state index in [1.54, 1.807) is 0 Å². The summed E-state index contributed by atoms with van der Waals surface area (Å²) in [5.41, 5.74) is 1.23. The lowest BCUT2D eigenvalue weighted by molar-refractivity contribution is -0.135. The van der Waals surface area contributed by atoms with Gasteiger partial charge in [0.2, 0.25) is 5.91 Å². The van der Waals surface area contributed by atoms with Gasteiger partial charge in [0.25, 0.3) is 0 Å². The molecule has 3 aliphatic rings. The molecule has 0 saturated carbocycles. The van der Waals surface area contributed by atoms with Gasteiger partial charge in [-0.05, 0) is 12.8 Å². The summed E-state index contributed by atoms with van der Waals surface area (Å²) in [6, 6.07) is 1.22. The predicted molar refractivity (Wildman–Crippen MR) is 88.2 cm³/mol. The lowest BCUT2D eigenvalue weighted by Crippen LogP contribution is -2.51. The zero-order valence-corrected chi connectivity index (χ0v) is 14.2. The molecule has 0 radical (unpaired) electrons. The first kappa shape index (κ1) is 14.5. The van der Waals surface area contributed by atoms with Gasteiger partial charge in [-0.25, -0.2) is 4.98 Å². The number of carbonyl (C=O) groups is 1. The number of anilines is 1. The number of amides is 1. The molecule has 1 aromatic heterocycles. The molecule has 4 rings (SSSR count). The Labute approximate surface area is 135 Å². The number of fused-ring (bicyclic) bond motifs is 3. The first-order valence-corrected chi connectivity index (χ1v) is 9.21. The van der Waals surface area contributed by atoms with Crippen LogP contribution in [0.1, 0.15) is 37.3 Å². The van der Waals surface area contributed by atoms with Gasteiger partial charge in [-0.3, -0.25) is 4.79 Å². The highest BCUT2D eigenvalue weighted by Crippen LogP contribution is 2.38. The number of piperazine rings is 1. The summed E-state index contributed by atoms with van der Waals surface area (Å²) in [4.78, 5) is 23.0. The third-order valence-corrected chi connectivity index (χ3v) is 6.22. The molecule has 1 amide bonds. The van der Waals surface area contributed by atoms with Gasteiger partial charge in [-0.1, -0.05) is 25.2 Å². The number of nitrogens with one attached hydrogen (secondary N) is 1. The minimum Gasteiger partial charge on any atom is -0.340 e. The highest BCUT2D eigenvalue weighted by atomic mass is 32.1. The van der Waals surface area contributed by atoms with Crippen LogP contribution in [-0.2, 0) is 17.8 Å². The summed E-state index contributed by atoms with van der Waals surface area (Å²) >= 11 is 1.82. The Morgan fingerprint density at radius 3 is 2.73 bits per heavy atom. The lowest BCUT2D eigenvalue weighted by atomic mass is 10.1. The molecule has 2 unspecified atom stereocenters. The fraction of sp³-hybridized carbons (Fsp3) is 0.750. The maximum Gasteiger partial charge on any atom is 0.225 e. The van der Waals surface area contributed by atoms with E-state index < -0.39 is 0 Å². The molecule has 2 atom stereocenters. The third-order valence-electron chi connectivity index (χ3n) is 5.13. The minimum atomic E-state index is 0.0814. The molecule has 120 valence electrons. The van der Waals surface area contributed by atoms with E-state index in [0.29, 0.717) is 12.1 Å². The van der Waals surface area contributed by atoms with Crippen LogP contribution < -0.4 is 10.2 Å². The summed E-state index contributed by atoms with van der Waals surface area (Å²) < 4.78 is 0. The van der Waals surface area contributed by atoms with Crippen molar-refractivity contribution in [2.75, 3.05) is 24.5 Å². The molecule has 2 fully saturated rings. The molecule has 4 heterocycles. The third kappa shape index (κ3) is 2.33. The number of nitrogens with zero attached hydrogens (tertiary/aromatic N) is 3. The molecule has 3 aliphatic heterocycles. The maximum atomic E-state index is 12.2. The van der Waals surface area contributed by atoms with E-state index in [1.807, 2.05) is 30.1 Å². The largest absolute Gasteiger partial charge is 0.340 e. The fourth-order valence-corrected chi connectivity index (χ4v) is 5.20. The number of hydrogen-bond acceptors (Lipinski definition) is 5. The second-order valence-corrected chi connectivity index (χ2v) is 8.04. The van der Waals surface area contributed by atoms with Gasteiger partial charge in [0.05, 0.1) is 12.2 Å². The van der Waals surface area contributed by atoms with Gasteiger partial charge < -0.3 is 15.1 Å². The normalized spacial score (nSPS) is 27.4. The van der Waals surface area contributed by atoms with Crippen LogP contribution in [-0.4, -0.2) is 47.5 Å². The Morgan fingerprint density at radius 1 is 1.32 bits per heavy atom. The van der Waals surface area contributed by atoms with Gasteiger partial charge >= 0.3 is 0 Å². The molecular formula is C16H24N4OS. The van der Waals surface area contributed by atoms with Crippen molar-refractivity contribution in [2.45, 2.75) is 51.7 Å². The van der Waals surface area contributed by atoms with E-state index >= 15 is 0 Å². The lowest BCUT2D eigenvalue weighted by Gasteiger charge is -2.35. The fourth-order valence-electron chi connectivity index (χ4n) is 3.94. The molecule has 2 bridgehead atoms. The molecule has 1 aromatic rings. The second kappa shape index (κ2) is 5.49. The van der Waals surface area contributed by atoms with Crippen LogP contribution in [0.15, 0.2) is 0 Å². The minimum absolute atomic E-state index is 0.0814. The number of thiazole rings is 1. The Bertz CT molecular complexity index is 569. The van der Waals surface area contributed by atoms with Crippen molar-refractivity contribution in [3.63, 3.8) is 0 Å². The summed E-state index contributed by atoms with van der Waals surface area (Å²) in [6.07, 6.45) is 3.46. The average Bonchev–Trinajstić information content (AvgIpc) is 3.03. The van der Waals surface area contributed by atoms with Gasteiger partial charge in [0.1, 0.15) is 0 Å². The van der Waals surface area contributed by atoms with Crippen molar-refractivity contribution < 1.29 is 4.79 Å². The number of carbonyl (C=O) groups excluding carboxylic acids is 1. The van der Waals surface area contributed by atoms with Crippen molar-refractivity contribution in [1.82, 2.24) is 15.2 Å². The van der Waals surface area contributed by atoms with Crippen molar-refractivity contribution >= 4 is 22.4 Å². The summed E-state index contributed by atoms with van der Waals surface area (Å²) in [5, 5.41) is 4.72. The first-order chi connectivity index (χ1) is 10.6. The molecule has 22 heavy (non-hydrogen) atoms. The molecule has 6 heteroatoms.